The van der Waals surface area contributed by atoms with Gasteiger partial charge in [0.15, 0.2) is 0 Å². The molecule has 0 spiro atoms. The molecule has 2 N–H and O–H groups in total. The highest BCUT2D eigenvalue weighted by Crippen LogP contribution is 2.40. The Balaban J connectivity index is 1.51. The zero-order valence-corrected chi connectivity index (χ0v) is 22.7. The van der Waals surface area contributed by atoms with E-state index in [9.17, 15) is 12.8 Å². The molecule has 0 saturated carbocycles. The summed E-state index contributed by atoms with van der Waals surface area (Å²) in [6.45, 7) is 2.76. The van der Waals surface area contributed by atoms with Crippen LogP contribution in [0.15, 0.2) is 103 Å². The number of benzene rings is 2. The minimum Gasteiger partial charge on any atom is -0.366 e. The normalized spacial score (nSPS) is 16.3. The SMILES string of the molecule is CCC(=CN1CC=C(c2c[nH]cc2-c2ccncc2)CC1c1ccc(F)cc1)c1ccc(S(=O)(=O)NC)cc1. The highest BCUT2D eigenvalue weighted by Gasteiger charge is 2.26. The van der Waals surface area contributed by atoms with Crippen molar-refractivity contribution >= 4 is 21.2 Å². The van der Waals surface area contributed by atoms with Crippen LogP contribution in [0.5, 0.6) is 0 Å². The Morgan fingerprint density at radius 2 is 1.74 bits per heavy atom. The first kappa shape index (κ1) is 26.6. The van der Waals surface area contributed by atoms with Gasteiger partial charge in [0, 0.05) is 48.7 Å². The van der Waals surface area contributed by atoms with Crippen molar-refractivity contribution in [3.8, 4) is 11.1 Å². The number of allylic oxidation sites excluding steroid dienone is 1. The smallest absolute Gasteiger partial charge is 0.240 e. The summed E-state index contributed by atoms with van der Waals surface area (Å²) in [5.41, 5.74) is 7.68. The summed E-state index contributed by atoms with van der Waals surface area (Å²) in [7, 11) is -2.09. The molecule has 0 radical (unpaired) electrons. The number of H-pyrrole nitrogens is 1. The molecule has 1 atom stereocenters. The van der Waals surface area contributed by atoms with E-state index in [1.807, 2.05) is 48.8 Å². The summed E-state index contributed by atoms with van der Waals surface area (Å²) < 4.78 is 40.5. The van der Waals surface area contributed by atoms with E-state index in [1.165, 1.54) is 24.8 Å². The maximum Gasteiger partial charge on any atom is 0.240 e. The number of nitrogens with one attached hydrogen (secondary N) is 2. The lowest BCUT2D eigenvalue weighted by atomic mass is 9.88. The summed E-state index contributed by atoms with van der Waals surface area (Å²) in [5, 5.41) is 0. The second-order valence-electron chi connectivity index (χ2n) is 9.46. The molecular formula is C31H31FN4O2S. The number of aromatic nitrogens is 2. The van der Waals surface area contributed by atoms with Gasteiger partial charge < -0.3 is 9.88 Å². The number of pyridine rings is 1. The lowest BCUT2D eigenvalue weighted by molar-refractivity contribution is 0.301. The number of halogens is 1. The molecule has 8 heteroatoms. The van der Waals surface area contributed by atoms with Crippen molar-refractivity contribution in [3.05, 3.63) is 120 Å². The molecular weight excluding hydrogens is 511 g/mol. The number of aromatic amines is 1. The quantitative estimate of drug-likeness (QED) is 0.270. The van der Waals surface area contributed by atoms with Gasteiger partial charge in [0.1, 0.15) is 5.82 Å². The van der Waals surface area contributed by atoms with E-state index in [4.69, 9.17) is 0 Å². The predicted molar refractivity (Wildman–Crippen MR) is 153 cm³/mol. The number of hydrogen-bond acceptors (Lipinski definition) is 4. The molecule has 0 bridgehead atoms. The maximum atomic E-state index is 13.8. The number of sulfonamides is 1. The van der Waals surface area contributed by atoms with Gasteiger partial charge in [-0.05, 0) is 84.1 Å². The first-order valence-electron chi connectivity index (χ1n) is 12.9. The molecule has 5 rings (SSSR count). The summed E-state index contributed by atoms with van der Waals surface area (Å²) in [6.07, 6.45) is 13.6. The Bertz CT molecular complexity index is 1590. The molecule has 1 unspecified atom stereocenters. The van der Waals surface area contributed by atoms with Gasteiger partial charge in [0.25, 0.3) is 0 Å². The Labute approximate surface area is 229 Å². The van der Waals surface area contributed by atoms with Crippen LogP contribution in [0, 0.1) is 5.82 Å². The third-order valence-electron chi connectivity index (χ3n) is 7.21. The summed E-state index contributed by atoms with van der Waals surface area (Å²) in [5.74, 6) is -0.260. The van der Waals surface area contributed by atoms with Crippen LogP contribution in [0.25, 0.3) is 22.3 Å². The first-order chi connectivity index (χ1) is 18.9. The second kappa shape index (κ2) is 11.4. The van der Waals surface area contributed by atoms with Crippen LogP contribution in [-0.2, 0) is 10.0 Å². The zero-order valence-electron chi connectivity index (χ0n) is 21.9. The van der Waals surface area contributed by atoms with Gasteiger partial charge in [-0.3, -0.25) is 4.98 Å². The molecule has 0 saturated heterocycles. The van der Waals surface area contributed by atoms with Crippen LogP contribution < -0.4 is 4.72 Å². The highest BCUT2D eigenvalue weighted by molar-refractivity contribution is 7.89. The minimum absolute atomic E-state index is 0.00344. The third kappa shape index (κ3) is 5.72. The van der Waals surface area contributed by atoms with E-state index < -0.39 is 10.0 Å². The van der Waals surface area contributed by atoms with Gasteiger partial charge in [0.05, 0.1) is 10.9 Å². The average molecular weight is 543 g/mol. The van der Waals surface area contributed by atoms with Crippen molar-refractivity contribution in [1.29, 1.82) is 0 Å². The summed E-state index contributed by atoms with van der Waals surface area (Å²) in [6, 6.07) is 17.7. The van der Waals surface area contributed by atoms with Crippen LogP contribution in [0.3, 0.4) is 0 Å². The molecule has 1 aliphatic rings. The predicted octanol–water partition coefficient (Wildman–Crippen LogP) is 6.41. The monoisotopic (exact) mass is 542 g/mol. The van der Waals surface area contributed by atoms with Gasteiger partial charge >= 0.3 is 0 Å². The van der Waals surface area contributed by atoms with Gasteiger partial charge in [-0.25, -0.2) is 17.5 Å². The van der Waals surface area contributed by atoms with Crippen LogP contribution in [-0.4, -0.2) is 36.9 Å². The molecule has 200 valence electrons. The van der Waals surface area contributed by atoms with Crippen LogP contribution >= 0.6 is 0 Å². The van der Waals surface area contributed by atoms with E-state index in [1.54, 1.807) is 24.5 Å². The molecule has 0 aliphatic carbocycles. The molecule has 3 heterocycles. The summed E-state index contributed by atoms with van der Waals surface area (Å²) in [4.78, 5) is 9.93. The fourth-order valence-electron chi connectivity index (χ4n) is 5.04. The molecule has 4 aromatic rings. The van der Waals surface area contributed by atoms with Crippen LogP contribution in [0.1, 0.15) is 42.5 Å². The zero-order chi connectivity index (χ0) is 27.4. The third-order valence-corrected chi connectivity index (χ3v) is 8.64. The van der Waals surface area contributed by atoms with E-state index in [2.05, 4.69) is 38.8 Å². The molecule has 0 fully saturated rings. The lowest BCUT2D eigenvalue weighted by Gasteiger charge is -2.36. The fraction of sp³-hybridized carbons (Fsp3) is 0.194. The Morgan fingerprint density at radius 1 is 1.05 bits per heavy atom. The minimum atomic E-state index is -3.50. The van der Waals surface area contributed by atoms with Crippen molar-refractivity contribution in [1.82, 2.24) is 19.6 Å². The number of hydrogen-bond donors (Lipinski definition) is 2. The Morgan fingerprint density at radius 3 is 2.41 bits per heavy atom. The van der Waals surface area contributed by atoms with E-state index in [-0.39, 0.29) is 16.8 Å². The van der Waals surface area contributed by atoms with E-state index >= 15 is 0 Å². The molecule has 1 aliphatic heterocycles. The molecule has 2 aromatic heterocycles. The molecule has 0 amide bonds. The highest BCUT2D eigenvalue weighted by atomic mass is 32.2. The molecule has 6 nitrogen and oxygen atoms in total. The first-order valence-corrected chi connectivity index (χ1v) is 14.4. The average Bonchev–Trinajstić information content (AvgIpc) is 3.47. The number of rotatable bonds is 8. The van der Waals surface area contributed by atoms with E-state index in [0.717, 1.165) is 46.2 Å². The second-order valence-corrected chi connectivity index (χ2v) is 11.3. The Kier molecular flexibility index (Phi) is 7.77. The van der Waals surface area contributed by atoms with Crippen molar-refractivity contribution in [2.24, 2.45) is 0 Å². The standard InChI is InChI=1S/C31H31FN4O2S/c1-3-22(23-6-10-28(11-7-23)39(37,38)33-2)21-36-17-14-26(18-31(36)25-4-8-27(32)9-5-25)30-20-35-19-29(30)24-12-15-34-16-13-24/h4-16,19-21,31,33,35H,3,17-18H2,1-2H3. The van der Waals surface area contributed by atoms with Gasteiger partial charge in [-0.15, -0.1) is 0 Å². The van der Waals surface area contributed by atoms with Crippen molar-refractivity contribution < 1.29 is 12.8 Å². The maximum absolute atomic E-state index is 13.8. The number of nitrogens with zero attached hydrogens (tertiary/aromatic N) is 2. The van der Waals surface area contributed by atoms with Crippen LogP contribution in [0.4, 0.5) is 4.39 Å². The van der Waals surface area contributed by atoms with Crippen LogP contribution in [0.2, 0.25) is 0 Å². The largest absolute Gasteiger partial charge is 0.366 e. The van der Waals surface area contributed by atoms with Gasteiger partial charge in [-0.1, -0.05) is 37.3 Å². The van der Waals surface area contributed by atoms with Crippen molar-refractivity contribution in [2.75, 3.05) is 13.6 Å². The van der Waals surface area contributed by atoms with Gasteiger partial charge in [0.2, 0.25) is 10.0 Å². The Hall–Kier alpha value is -4.01. The van der Waals surface area contributed by atoms with Gasteiger partial charge in [-0.2, -0.15) is 0 Å². The van der Waals surface area contributed by atoms with Crippen molar-refractivity contribution in [3.63, 3.8) is 0 Å². The topological polar surface area (TPSA) is 78.1 Å². The summed E-state index contributed by atoms with van der Waals surface area (Å²) >= 11 is 0. The fourth-order valence-corrected chi connectivity index (χ4v) is 5.77. The molecule has 39 heavy (non-hydrogen) atoms. The van der Waals surface area contributed by atoms with Crippen molar-refractivity contribution in [2.45, 2.75) is 30.7 Å². The van der Waals surface area contributed by atoms with E-state index in [0.29, 0.717) is 6.54 Å². The molecule has 2 aromatic carbocycles. The lowest BCUT2D eigenvalue weighted by Crippen LogP contribution is -2.28.